The molecule has 330 valence electrons. The smallest absolute Gasteiger partial charge is 0.255 e. The van der Waals surface area contributed by atoms with Crippen LogP contribution in [0, 0.1) is 11.7 Å². The number of benzene rings is 2. The number of hydrogen-bond donors (Lipinski definition) is 2. The van der Waals surface area contributed by atoms with Crippen molar-refractivity contribution in [2.75, 3.05) is 64.9 Å². The van der Waals surface area contributed by atoms with Crippen LogP contribution in [0.3, 0.4) is 0 Å². The molecule has 62 heavy (non-hydrogen) atoms. The first-order chi connectivity index (χ1) is 30.0. The Morgan fingerprint density at radius 3 is 2.42 bits per heavy atom. The summed E-state index contributed by atoms with van der Waals surface area (Å²) in [4.78, 5) is 55.3. The zero-order chi connectivity index (χ0) is 43.1. The number of nitrogens with one attached hydrogen (secondary N) is 2. The van der Waals surface area contributed by atoms with Crippen LogP contribution in [-0.2, 0) is 20.9 Å². The molecule has 0 spiro atoms. The average Bonchev–Trinajstić information content (AvgIpc) is 3.72. The van der Waals surface area contributed by atoms with E-state index in [0.29, 0.717) is 40.6 Å². The van der Waals surface area contributed by atoms with E-state index in [-0.39, 0.29) is 48.3 Å². The van der Waals surface area contributed by atoms with Gasteiger partial charge in [0.1, 0.15) is 28.9 Å². The third kappa shape index (κ3) is 8.55. The van der Waals surface area contributed by atoms with Crippen LogP contribution in [0.1, 0.15) is 92.7 Å². The Kier molecular flexibility index (Phi) is 11.8. The van der Waals surface area contributed by atoms with Gasteiger partial charge in [-0.2, -0.15) is 5.10 Å². The van der Waals surface area contributed by atoms with Crippen molar-refractivity contribution < 1.29 is 33.0 Å². The molecule has 2 N–H and O–H groups in total. The minimum atomic E-state index is -0.661. The Bertz CT molecular complexity index is 2280. The molecule has 15 nitrogen and oxygen atoms in total. The summed E-state index contributed by atoms with van der Waals surface area (Å²) in [5.41, 5.74) is 3.85. The lowest BCUT2D eigenvalue weighted by Crippen LogP contribution is -2.52. The molecule has 16 heteroatoms. The number of carbonyl (C=O) groups excluding carboxylic acids is 3. The summed E-state index contributed by atoms with van der Waals surface area (Å²) in [5, 5.41) is 10.6. The lowest BCUT2D eigenvalue weighted by molar-refractivity contribution is -0.136. The number of fused-ring (bicyclic) bond motifs is 2. The van der Waals surface area contributed by atoms with Crippen molar-refractivity contribution in [2.45, 2.75) is 102 Å². The number of ether oxygens (including phenoxy) is 3. The summed E-state index contributed by atoms with van der Waals surface area (Å²) in [7, 11) is 3.36. The molecule has 5 fully saturated rings. The summed E-state index contributed by atoms with van der Waals surface area (Å²) in [6.45, 7) is 12.4. The van der Waals surface area contributed by atoms with Crippen molar-refractivity contribution in [2.24, 2.45) is 15.9 Å². The summed E-state index contributed by atoms with van der Waals surface area (Å²) < 4.78 is 33.5. The molecule has 9 rings (SSSR count). The molecule has 2 aliphatic carbocycles. The van der Waals surface area contributed by atoms with Crippen LogP contribution in [0.2, 0.25) is 0 Å². The van der Waals surface area contributed by atoms with E-state index in [1.54, 1.807) is 25.1 Å². The van der Waals surface area contributed by atoms with E-state index in [1.165, 1.54) is 6.07 Å². The van der Waals surface area contributed by atoms with Crippen LogP contribution in [0.5, 0.6) is 11.5 Å². The van der Waals surface area contributed by atoms with Crippen molar-refractivity contribution in [3.8, 4) is 11.5 Å². The third-order valence-electron chi connectivity index (χ3n) is 13.9. The maximum Gasteiger partial charge on any atom is 0.255 e. The number of H-pyrrole nitrogens is 1. The van der Waals surface area contributed by atoms with Crippen LogP contribution in [0.25, 0.3) is 10.9 Å². The molecule has 1 unspecified atom stereocenters. The maximum atomic E-state index is 14.8. The highest BCUT2D eigenvalue weighted by molar-refractivity contribution is 6.15. The Balaban J connectivity index is 0.726. The van der Waals surface area contributed by atoms with Crippen molar-refractivity contribution in [3.05, 3.63) is 58.8 Å². The van der Waals surface area contributed by atoms with Gasteiger partial charge in [-0.25, -0.2) is 9.38 Å². The number of aromatic amines is 1. The monoisotopic (exact) mass is 851 g/mol. The second kappa shape index (κ2) is 17.4. The molecule has 3 saturated heterocycles. The Hall–Kier alpha value is -5.35. The number of aromatic nitrogens is 2. The fourth-order valence-electron chi connectivity index (χ4n) is 9.99. The minimum absolute atomic E-state index is 0.200. The lowest BCUT2D eigenvalue weighted by Gasteiger charge is -2.40. The van der Waals surface area contributed by atoms with Crippen molar-refractivity contribution in [1.29, 1.82) is 0 Å². The topological polar surface area (TPSA) is 157 Å². The number of aliphatic imine (C=N–C) groups is 2. The normalized spacial score (nSPS) is 25.0. The summed E-state index contributed by atoms with van der Waals surface area (Å²) in [6.07, 6.45) is 11.1. The quantitative estimate of drug-likeness (QED) is 0.173. The van der Waals surface area contributed by atoms with E-state index in [4.69, 9.17) is 14.2 Å². The van der Waals surface area contributed by atoms with Gasteiger partial charge in [0.2, 0.25) is 11.8 Å². The molecule has 0 bridgehead atoms. The van der Waals surface area contributed by atoms with E-state index in [2.05, 4.69) is 46.9 Å². The van der Waals surface area contributed by atoms with Crippen LogP contribution in [-0.4, -0.2) is 139 Å². The number of allylic oxidation sites excluding steroid dienone is 1. The highest BCUT2D eigenvalue weighted by Gasteiger charge is 2.42. The molecule has 2 aromatic carbocycles. The zero-order valence-corrected chi connectivity index (χ0v) is 36.1. The van der Waals surface area contributed by atoms with E-state index in [9.17, 15) is 18.8 Å². The predicted molar refractivity (Wildman–Crippen MR) is 234 cm³/mol. The SMILES string of the molecule is C=N/C(=C\C(=N/C)c1n[nH]c2cc(F)c(OC3(C)CC3)cc12)N1CCN(C[C@H]2CC[C@H](OC3CCN(c4ccc5c(c4OC)CN(C4CCC(=O)NC4=O)C5=O)CC3)CC2)CC1. The summed E-state index contributed by atoms with van der Waals surface area (Å²) in [6, 6.07) is 6.31. The third-order valence-corrected chi connectivity index (χ3v) is 13.9. The van der Waals surface area contributed by atoms with Gasteiger partial charge < -0.3 is 28.9 Å². The first-order valence-corrected chi connectivity index (χ1v) is 22.3. The molecular formula is C46H58FN9O6. The molecule has 2 saturated carbocycles. The molecule has 1 aromatic heterocycles. The second-order valence-corrected chi connectivity index (χ2v) is 18.0. The Labute approximate surface area is 361 Å². The number of rotatable bonds is 13. The first kappa shape index (κ1) is 42.0. The summed E-state index contributed by atoms with van der Waals surface area (Å²) in [5.74, 6) is 0.982. The predicted octanol–water partition coefficient (Wildman–Crippen LogP) is 5.23. The molecule has 3 amide bonds. The molecule has 6 aliphatic rings. The van der Waals surface area contributed by atoms with Gasteiger partial charge in [0.25, 0.3) is 5.91 Å². The number of piperazine rings is 1. The van der Waals surface area contributed by atoms with Gasteiger partial charge in [-0.15, -0.1) is 0 Å². The molecule has 5 heterocycles. The lowest BCUT2D eigenvalue weighted by atomic mass is 9.86. The van der Waals surface area contributed by atoms with E-state index in [0.717, 1.165) is 120 Å². The van der Waals surface area contributed by atoms with E-state index in [1.807, 2.05) is 25.1 Å². The molecule has 3 aromatic rings. The minimum Gasteiger partial charge on any atom is -0.494 e. The Morgan fingerprint density at radius 1 is 1.00 bits per heavy atom. The van der Waals surface area contributed by atoms with Gasteiger partial charge in [0.15, 0.2) is 11.6 Å². The molecular weight excluding hydrogens is 794 g/mol. The largest absolute Gasteiger partial charge is 0.494 e. The van der Waals surface area contributed by atoms with Crippen LogP contribution in [0.4, 0.5) is 10.1 Å². The van der Waals surface area contributed by atoms with Crippen molar-refractivity contribution in [1.82, 2.24) is 30.2 Å². The number of methoxy groups -OCH3 is 1. The number of hydrogen-bond acceptors (Lipinski definition) is 12. The fraction of sp³-hybridized carbons (Fsp3) is 0.565. The number of anilines is 1. The van der Waals surface area contributed by atoms with Crippen LogP contribution < -0.4 is 19.7 Å². The second-order valence-electron chi connectivity index (χ2n) is 18.0. The fourth-order valence-corrected chi connectivity index (χ4v) is 9.99. The molecule has 0 radical (unpaired) electrons. The first-order valence-electron chi connectivity index (χ1n) is 22.3. The highest BCUT2D eigenvalue weighted by Crippen LogP contribution is 2.43. The summed E-state index contributed by atoms with van der Waals surface area (Å²) >= 11 is 0. The zero-order valence-electron chi connectivity index (χ0n) is 36.1. The number of imide groups is 1. The van der Waals surface area contributed by atoms with Gasteiger partial charge >= 0.3 is 0 Å². The number of halogens is 1. The van der Waals surface area contributed by atoms with Gasteiger partial charge in [0, 0.05) is 87.9 Å². The van der Waals surface area contributed by atoms with Crippen molar-refractivity contribution in [3.63, 3.8) is 0 Å². The number of nitrogens with zero attached hydrogens (tertiary/aromatic N) is 7. The number of amides is 3. The van der Waals surface area contributed by atoms with E-state index < -0.39 is 17.8 Å². The van der Waals surface area contributed by atoms with Crippen LogP contribution in [0.15, 0.2) is 46.1 Å². The maximum absolute atomic E-state index is 14.8. The molecule has 1 atom stereocenters. The highest BCUT2D eigenvalue weighted by atomic mass is 19.1. The number of piperidine rings is 2. The Morgan fingerprint density at radius 2 is 1.74 bits per heavy atom. The van der Waals surface area contributed by atoms with Gasteiger partial charge in [-0.1, -0.05) is 0 Å². The van der Waals surface area contributed by atoms with Gasteiger partial charge in [-0.05, 0) is 95.5 Å². The van der Waals surface area contributed by atoms with Gasteiger partial charge in [-0.3, -0.25) is 34.7 Å². The average molecular weight is 852 g/mol. The number of carbonyl (C=O) groups is 3. The van der Waals surface area contributed by atoms with Gasteiger partial charge in [0.05, 0.1) is 42.8 Å². The molecule has 4 aliphatic heterocycles. The van der Waals surface area contributed by atoms with Crippen molar-refractivity contribution >= 4 is 46.7 Å². The van der Waals surface area contributed by atoms with Crippen LogP contribution >= 0.6 is 0 Å². The van der Waals surface area contributed by atoms with E-state index >= 15 is 0 Å². The standard InChI is InChI=1S/C46H58FN9O6/c1-46(15-16-46)62-39-23-32-35(24-34(39)47)51-52-42(32)36(48-2)25-40(49-3)55-21-19-53(20-22-55)26-28-5-7-29(8-6-28)61-30-13-17-54(18-14-30)37-10-9-31-33(43(37)60-4)27-56(45(31)59)38-11-12-41(57)50-44(38)58/h9-10,23-25,28-30,38H,3,5-8,11-22,26-27H2,1-2,4H3,(H,51,52)(H,50,57,58)/b40-25+,48-36+/t28-,29-,38?.